The summed E-state index contributed by atoms with van der Waals surface area (Å²) in [7, 11) is 0. The van der Waals surface area contributed by atoms with Gasteiger partial charge in [-0.2, -0.15) is 0 Å². The zero-order valence-corrected chi connectivity index (χ0v) is 16.9. The van der Waals surface area contributed by atoms with Gasteiger partial charge in [0.1, 0.15) is 12.4 Å². The van der Waals surface area contributed by atoms with E-state index < -0.39 is 0 Å². The van der Waals surface area contributed by atoms with E-state index in [1.54, 1.807) is 12.1 Å². The van der Waals surface area contributed by atoms with Crippen molar-refractivity contribution in [3.05, 3.63) is 101 Å². The summed E-state index contributed by atoms with van der Waals surface area (Å²) in [6.45, 7) is 4.40. The van der Waals surface area contributed by atoms with Gasteiger partial charge in [0, 0.05) is 21.7 Å². The topological polar surface area (TPSA) is 38.3 Å². The fourth-order valence-electron chi connectivity index (χ4n) is 3.03. The molecule has 144 valence electrons. The maximum atomic E-state index is 12.7. The molecule has 0 aliphatic rings. The van der Waals surface area contributed by atoms with Crippen LogP contribution in [-0.4, -0.2) is 11.4 Å². The summed E-state index contributed by atoms with van der Waals surface area (Å²) in [6.07, 6.45) is 0.752. The van der Waals surface area contributed by atoms with E-state index >= 15 is 0 Å². The lowest BCUT2D eigenvalue weighted by atomic mass is 9.94. The van der Waals surface area contributed by atoms with E-state index in [2.05, 4.69) is 17.4 Å². The first-order valence-corrected chi connectivity index (χ1v) is 9.63. The zero-order valence-electron chi connectivity index (χ0n) is 16.1. The number of ether oxygens (including phenoxy) is 1. The number of benzene rings is 3. The molecule has 0 aliphatic heterocycles. The first-order chi connectivity index (χ1) is 13.4. The molecular formula is C24H24ClNO2. The van der Waals surface area contributed by atoms with E-state index in [0.29, 0.717) is 22.9 Å². The standard InChI is InChI=1S/C24H24ClNO2/c1-24(2,16-18-9-4-3-5-10-18)26-23(27)19-12-8-13-21(15-19)28-17-20-11-6-7-14-22(20)25/h3-15H,16-17H2,1-2H3,(H,26,27). The highest BCUT2D eigenvalue weighted by atomic mass is 35.5. The molecule has 0 saturated heterocycles. The van der Waals surface area contributed by atoms with Gasteiger partial charge in [-0.15, -0.1) is 0 Å². The fourth-order valence-corrected chi connectivity index (χ4v) is 3.22. The van der Waals surface area contributed by atoms with Crippen LogP contribution in [0.1, 0.15) is 35.3 Å². The van der Waals surface area contributed by atoms with Crippen molar-refractivity contribution in [3.63, 3.8) is 0 Å². The van der Waals surface area contributed by atoms with Gasteiger partial charge >= 0.3 is 0 Å². The van der Waals surface area contributed by atoms with Crippen molar-refractivity contribution in [1.82, 2.24) is 5.32 Å². The Morgan fingerprint density at radius 2 is 1.68 bits per heavy atom. The van der Waals surface area contributed by atoms with Crippen LogP contribution >= 0.6 is 11.6 Å². The van der Waals surface area contributed by atoms with Crippen LogP contribution in [0.4, 0.5) is 0 Å². The lowest BCUT2D eigenvalue weighted by Crippen LogP contribution is -2.45. The minimum absolute atomic E-state index is 0.121. The molecule has 0 unspecified atom stereocenters. The molecule has 3 aromatic carbocycles. The molecule has 3 nitrogen and oxygen atoms in total. The van der Waals surface area contributed by atoms with Gasteiger partial charge in [-0.1, -0.05) is 66.2 Å². The zero-order chi connectivity index (χ0) is 20.0. The van der Waals surface area contributed by atoms with Crippen molar-refractivity contribution in [2.24, 2.45) is 0 Å². The number of hydrogen-bond donors (Lipinski definition) is 1. The van der Waals surface area contributed by atoms with E-state index in [9.17, 15) is 4.79 Å². The fraction of sp³-hybridized carbons (Fsp3) is 0.208. The van der Waals surface area contributed by atoms with Crippen molar-refractivity contribution in [2.75, 3.05) is 0 Å². The lowest BCUT2D eigenvalue weighted by Gasteiger charge is -2.26. The number of halogens is 1. The molecule has 0 fully saturated rings. The number of carbonyl (C=O) groups excluding carboxylic acids is 1. The maximum absolute atomic E-state index is 12.7. The highest BCUT2D eigenvalue weighted by Gasteiger charge is 2.22. The number of amides is 1. The van der Waals surface area contributed by atoms with Crippen LogP contribution in [0.15, 0.2) is 78.9 Å². The predicted molar refractivity (Wildman–Crippen MR) is 114 cm³/mol. The second kappa shape index (κ2) is 8.94. The number of hydrogen-bond acceptors (Lipinski definition) is 2. The summed E-state index contributed by atoms with van der Waals surface area (Å²) in [5.41, 5.74) is 2.29. The van der Waals surface area contributed by atoms with Crippen molar-refractivity contribution >= 4 is 17.5 Å². The molecule has 1 amide bonds. The van der Waals surface area contributed by atoms with E-state index in [1.807, 2.05) is 68.4 Å². The summed E-state index contributed by atoms with van der Waals surface area (Å²) in [5, 5.41) is 3.78. The van der Waals surface area contributed by atoms with Crippen LogP contribution in [0, 0.1) is 0 Å². The average Bonchev–Trinajstić information content (AvgIpc) is 2.67. The Bertz CT molecular complexity index is 938. The Hall–Kier alpha value is -2.78. The van der Waals surface area contributed by atoms with Crippen molar-refractivity contribution in [3.8, 4) is 5.75 Å². The normalized spacial score (nSPS) is 11.1. The van der Waals surface area contributed by atoms with Crippen LogP contribution in [0.5, 0.6) is 5.75 Å². The van der Waals surface area contributed by atoms with Crippen molar-refractivity contribution < 1.29 is 9.53 Å². The maximum Gasteiger partial charge on any atom is 0.251 e. The molecule has 0 aliphatic carbocycles. The van der Waals surface area contributed by atoms with Gasteiger partial charge in [-0.25, -0.2) is 0 Å². The number of carbonyl (C=O) groups is 1. The highest BCUT2D eigenvalue weighted by molar-refractivity contribution is 6.31. The first kappa shape index (κ1) is 20.0. The molecule has 28 heavy (non-hydrogen) atoms. The van der Waals surface area contributed by atoms with Gasteiger partial charge in [0.05, 0.1) is 0 Å². The SMILES string of the molecule is CC(C)(Cc1ccccc1)NC(=O)c1cccc(OCc2ccccc2Cl)c1. The Balaban J connectivity index is 1.64. The van der Waals surface area contributed by atoms with E-state index in [-0.39, 0.29) is 11.4 Å². The van der Waals surface area contributed by atoms with Gasteiger partial charge in [-0.05, 0) is 50.1 Å². The minimum atomic E-state index is -0.368. The van der Waals surface area contributed by atoms with Gasteiger partial charge in [0.15, 0.2) is 0 Å². The molecule has 4 heteroatoms. The van der Waals surface area contributed by atoms with Crippen molar-refractivity contribution in [1.29, 1.82) is 0 Å². The van der Waals surface area contributed by atoms with Gasteiger partial charge in [0.25, 0.3) is 5.91 Å². The number of nitrogens with one attached hydrogen (secondary N) is 1. The molecule has 0 radical (unpaired) electrons. The molecule has 0 bridgehead atoms. The molecule has 0 heterocycles. The number of rotatable bonds is 7. The third-order valence-corrected chi connectivity index (χ3v) is 4.76. The largest absolute Gasteiger partial charge is 0.489 e. The molecule has 0 saturated carbocycles. The molecule has 0 aromatic heterocycles. The first-order valence-electron chi connectivity index (χ1n) is 9.26. The van der Waals surface area contributed by atoms with Crippen LogP contribution < -0.4 is 10.1 Å². The predicted octanol–water partition coefficient (Wildman–Crippen LogP) is 5.67. The summed E-state index contributed by atoms with van der Waals surface area (Å²) in [4.78, 5) is 12.7. The Labute approximate surface area is 171 Å². The molecule has 0 spiro atoms. The quantitative estimate of drug-likeness (QED) is 0.561. The average molecular weight is 394 g/mol. The molecule has 3 aromatic rings. The lowest BCUT2D eigenvalue weighted by molar-refractivity contribution is 0.0912. The highest BCUT2D eigenvalue weighted by Crippen LogP contribution is 2.20. The van der Waals surface area contributed by atoms with Crippen LogP contribution in [0.25, 0.3) is 0 Å². The van der Waals surface area contributed by atoms with Gasteiger partial charge in [-0.3, -0.25) is 4.79 Å². The Kier molecular flexibility index (Phi) is 6.37. The Morgan fingerprint density at radius 1 is 0.964 bits per heavy atom. The van der Waals surface area contributed by atoms with Crippen molar-refractivity contribution in [2.45, 2.75) is 32.4 Å². The van der Waals surface area contributed by atoms with E-state index in [0.717, 1.165) is 12.0 Å². The molecule has 1 N–H and O–H groups in total. The summed E-state index contributed by atoms with van der Waals surface area (Å²) < 4.78 is 5.83. The van der Waals surface area contributed by atoms with Crippen LogP contribution in [-0.2, 0) is 13.0 Å². The third-order valence-electron chi connectivity index (χ3n) is 4.39. The smallest absolute Gasteiger partial charge is 0.251 e. The monoisotopic (exact) mass is 393 g/mol. The van der Waals surface area contributed by atoms with E-state index in [4.69, 9.17) is 16.3 Å². The molecular weight excluding hydrogens is 370 g/mol. The van der Waals surface area contributed by atoms with Crippen LogP contribution in [0.2, 0.25) is 5.02 Å². The summed E-state index contributed by atoms with van der Waals surface area (Å²) in [5.74, 6) is 0.512. The van der Waals surface area contributed by atoms with E-state index in [1.165, 1.54) is 5.56 Å². The minimum Gasteiger partial charge on any atom is -0.489 e. The third kappa shape index (κ3) is 5.61. The van der Waals surface area contributed by atoms with Crippen LogP contribution in [0.3, 0.4) is 0 Å². The van der Waals surface area contributed by atoms with Gasteiger partial charge < -0.3 is 10.1 Å². The summed E-state index contributed by atoms with van der Waals surface area (Å²) in [6, 6.07) is 24.9. The molecule has 3 rings (SSSR count). The second-order valence-corrected chi connectivity index (χ2v) is 7.82. The Morgan fingerprint density at radius 3 is 2.43 bits per heavy atom. The van der Waals surface area contributed by atoms with Gasteiger partial charge in [0.2, 0.25) is 0 Å². The summed E-state index contributed by atoms with van der Waals surface area (Å²) >= 11 is 6.17. The second-order valence-electron chi connectivity index (χ2n) is 7.41. The molecule has 0 atom stereocenters.